The van der Waals surface area contributed by atoms with Crippen molar-refractivity contribution < 1.29 is 37.7 Å². The maximum atomic E-state index is 14.0. The van der Waals surface area contributed by atoms with Crippen LogP contribution in [0.15, 0.2) is 30.5 Å². The molecule has 2 N–H and O–H groups in total. The Morgan fingerprint density at radius 1 is 1.20 bits per heavy atom. The van der Waals surface area contributed by atoms with Crippen LogP contribution in [0.1, 0.15) is 38.3 Å². The number of aromatic nitrogens is 2. The van der Waals surface area contributed by atoms with Gasteiger partial charge in [-0.2, -0.15) is 13.9 Å². The van der Waals surface area contributed by atoms with Crippen LogP contribution < -0.4 is 10.1 Å². The van der Waals surface area contributed by atoms with Crippen molar-refractivity contribution >= 4 is 29.2 Å². The van der Waals surface area contributed by atoms with Gasteiger partial charge < -0.3 is 29.5 Å². The highest BCUT2D eigenvalue weighted by atomic mass is 35.5. The summed E-state index contributed by atoms with van der Waals surface area (Å²) in [5, 5.41) is 17.4. The van der Waals surface area contributed by atoms with Gasteiger partial charge in [0.2, 0.25) is 0 Å². The van der Waals surface area contributed by atoms with Gasteiger partial charge in [0.15, 0.2) is 5.75 Å². The summed E-state index contributed by atoms with van der Waals surface area (Å²) in [6, 6.07) is 5.97. The fourth-order valence-corrected chi connectivity index (χ4v) is 5.52. The topological polar surface area (TPSA) is 115 Å². The van der Waals surface area contributed by atoms with Gasteiger partial charge in [0.25, 0.3) is 5.91 Å². The van der Waals surface area contributed by atoms with Crippen molar-refractivity contribution in [2.75, 3.05) is 51.4 Å². The monoisotopic (exact) mass is 584 g/mol. The summed E-state index contributed by atoms with van der Waals surface area (Å²) in [5.74, 6) is -2.52. The van der Waals surface area contributed by atoms with Crippen molar-refractivity contribution in [3.63, 3.8) is 0 Å². The molecule has 13 heteroatoms. The Hall–Kier alpha value is -2.80. The first-order valence-electron chi connectivity index (χ1n) is 13.3. The first kappa shape index (κ1) is 30.2. The summed E-state index contributed by atoms with van der Waals surface area (Å²) >= 11 is 5.98. The Morgan fingerprint density at radius 2 is 1.88 bits per heavy atom. The molecule has 40 heavy (non-hydrogen) atoms. The number of aliphatic carboxylic acids is 1. The van der Waals surface area contributed by atoms with Crippen molar-refractivity contribution in [2.45, 2.75) is 44.8 Å². The number of likely N-dealkylation sites (tertiary alicyclic amines) is 1. The van der Waals surface area contributed by atoms with Crippen molar-refractivity contribution in [1.82, 2.24) is 14.7 Å². The van der Waals surface area contributed by atoms with Crippen LogP contribution in [-0.2, 0) is 24.6 Å². The van der Waals surface area contributed by atoms with Gasteiger partial charge in [0.1, 0.15) is 5.54 Å². The molecule has 0 saturated carbocycles. The lowest BCUT2D eigenvalue weighted by Gasteiger charge is -2.42. The highest BCUT2D eigenvalue weighted by Crippen LogP contribution is 2.37. The van der Waals surface area contributed by atoms with Crippen LogP contribution in [0.5, 0.6) is 5.75 Å². The van der Waals surface area contributed by atoms with Crippen molar-refractivity contribution in [3.8, 4) is 5.75 Å². The Balaban J connectivity index is 1.58. The first-order valence-corrected chi connectivity index (χ1v) is 13.7. The molecular formula is C27H35ClF2N4O6. The second kappa shape index (κ2) is 13.2. The van der Waals surface area contributed by atoms with Gasteiger partial charge >= 0.3 is 12.6 Å². The third kappa shape index (κ3) is 6.91. The van der Waals surface area contributed by atoms with E-state index in [1.54, 1.807) is 10.9 Å². The Kier molecular flexibility index (Phi) is 9.99. The smallest absolute Gasteiger partial charge is 0.387 e. The van der Waals surface area contributed by atoms with Crippen molar-refractivity contribution in [2.24, 2.45) is 11.8 Å². The summed E-state index contributed by atoms with van der Waals surface area (Å²) in [5.41, 5.74) is -0.233. The van der Waals surface area contributed by atoms with Crippen molar-refractivity contribution in [1.29, 1.82) is 0 Å². The molecule has 3 heterocycles. The van der Waals surface area contributed by atoms with Crippen LogP contribution in [0.4, 0.5) is 14.5 Å². The molecular weight excluding hydrogens is 550 g/mol. The van der Waals surface area contributed by atoms with E-state index in [1.807, 2.05) is 24.8 Å². The number of carboxylic acid groups (broad SMARTS) is 1. The quantitative estimate of drug-likeness (QED) is 0.430. The molecule has 0 unspecified atom stereocenters. The van der Waals surface area contributed by atoms with E-state index in [1.165, 1.54) is 18.2 Å². The number of rotatable bonds is 10. The lowest BCUT2D eigenvalue weighted by atomic mass is 9.84. The molecule has 4 rings (SSSR count). The Labute approximate surface area is 236 Å². The number of nitrogens with zero attached hydrogens (tertiary/aromatic N) is 3. The van der Waals surface area contributed by atoms with E-state index in [-0.39, 0.29) is 34.8 Å². The van der Waals surface area contributed by atoms with E-state index in [0.717, 1.165) is 5.69 Å². The number of alkyl halides is 2. The van der Waals surface area contributed by atoms with E-state index < -0.39 is 29.9 Å². The molecule has 0 aliphatic carbocycles. The summed E-state index contributed by atoms with van der Waals surface area (Å²) in [6.45, 7) is 3.51. The molecule has 1 aromatic heterocycles. The Bertz CT molecular complexity index is 1160. The molecule has 0 spiro atoms. The third-order valence-corrected chi connectivity index (χ3v) is 7.79. The standard InChI is InChI=1S/C27H35ClF2N4O6/c1-17(2)22-5-8-31-34(22)27(25(37)32-21-4-3-19(28)13-23(21)40-26(29)30)6-9-33(10-7-27)14-20(24(35)36)18-15-38-11-12-39-16-18/h3-5,8,13,17-18,20,26H,6-7,9-12,14-16H2,1-2H3,(H,32,37)(H,35,36)/t20-/m1/s1. The van der Waals surface area contributed by atoms with Gasteiger partial charge in [-0.25, -0.2) is 0 Å². The van der Waals surface area contributed by atoms with Gasteiger partial charge in [-0.05, 0) is 37.0 Å². The van der Waals surface area contributed by atoms with E-state index >= 15 is 0 Å². The summed E-state index contributed by atoms with van der Waals surface area (Å²) in [7, 11) is 0. The predicted octanol–water partition coefficient (Wildman–Crippen LogP) is 4.05. The third-order valence-electron chi connectivity index (χ3n) is 7.56. The molecule has 1 aromatic carbocycles. The minimum atomic E-state index is -3.10. The van der Waals surface area contributed by atoms with E-state index in [9.17, 15) is 23.5 Å². The van der Waals surface area contributed by atoms with E-state index in [4.69, 9.17) is 21.1 Å². The molecule has 0 bridgehead atoms. The molecule has 2 saturated heterocycles. The zero-order chi connectivity index (χ0) is 28.9. The fraction of sp³-hybridized carbons (Fsp3) is 0.593. The number of carbonyl (C=O) groups excluding carboxylic acids is 1. The van der Waals surface area contributed by atoms with Gasteiger partial charge in [0, 0.05) is 48.5 Å². The largest absolute Gasteiger partial charge is 0.481 e. The van der Waals surface area contributed by atoms with Crippen LogP contribution in [0.2, 0.25) is 5.02 Å². The normalized spacial score (nSPS) is 19.4. The van der Waals surface area contributed by atoms with Gasteiger partial charge in [-0.3, -0.25) is 14.3 Å². The molecule has 10 nitrogen and oxygen atoms in total. The molecule has 1 atom stereocenters. The number of carbonyl (C=O) groups is 2. The highest BCUT2D eigenvalue weighted by Gasteiger charge is 2.46. The number of carboxylic acids is 1. The van der Waals surface area contributed by atoms with Crippen LogP contribution in [-0.4, -0.2) is 84.3 Å². The molecule has 2 aromatic rings. The number of anilines is 1. The number of nitrogens with one attached hydrogen (secondary N) is 1. The van der Waals surface area contributed by atoms with Crippen molar-refractivity contribution in [3.05, 3.63) is 41.2 Å². The lowest BCUT2D eigenvalue weighted by Crippen LogP contribution is -2.55. The number of amides is 1. The SMILES string of the molecule is CC(C)c1ccnn1C1(C(=O)Nc2ccc(Cl)cc2OC(F)F)CCN(C[C@@H](C(=O)O)C2COCCOC2)CC1. The highest BCUT2D eigenvalue weighted by molar-refractivity contribution is 6.30. The van der Waals surface area contributed by atoms with E-state index in [2.05, 4.69) is 15.2 Å². The first-order chi connectivity index (χ1) is 19.1. The zero-order valence-corrected chi connectivity index (χ0v) is 23.3. The summed E-state index contributed by atoms with van der Waals surface area (Å²) in [6.07, 6.45) is 2.28. The van der Waals surface area contributed by atoms with Gasteiger partial charge in [-0.15, -0.1) is 0 Å². The van der Waals surface area contributed by atoms with E-state index in [0.29, 0.717) is 52.4 Å². The van der Waals surface area contributed by atoms with Gasteiger partial charge in [0.05, 0.1) is 38.0 Å². The molecule has 0 radical (unpaired) electrons. The fourth-order valence-electron chi connectivity index (χ4n) is 5.36. The molecule has 2 aliphatic heterocycles. The number of ether oxygens (including phenoxy) is 3. The number of hydrogen-bond donors (Lipinski definition) is 2. The molecule has 2 fully saturated rings. The second-order valence-electron chi connectivity index (χ2n) is 10.5. The molecule has 220 valence electrons. The molecule has 1 amide bonds. The van der Waals surface area contributed by atoms with Crippen LogP contribution in [0.25, 0.3) is 0 Å². The lowest BCUT2D eigenvalue weighted by molar-refractivity contribution is -0.146. The van der Waals surface area contributed by atoms with Crippen LogP contribution in [0, 0.1) is 11.8 Å². The maximum absolute atomic E-state index is 14.0. The van der Waals surface area contributed by atoms with Crippen LogP contribution >= 0.6 is 11.6 Å². The second-order valence-corrected chi connectivity index (χ2v) is 10.9. The number of hydrogen-bond acceptors (Lipinski definition) is 7. The molecule has 2 aliphatic rings. The average Bonchev–Trinajstić information content (AvgIpc) is 3.26. The average molecular weight is 585 g/mol. The summed E-state index contributed by atoms with van der Waals surface area (Å²) in [4.78, 5) is 28.2. The van der Waals surface area contributed by atoms with Crippen LogP contribution in [0.3, 0.4) is 0 Å². The maximum Gasteiger partial charge on any atom is 0.387 e. The number of piperidine rings is 1. The Morgan fingerprint density at radius 3 is 2.48 bits per heavy atom. The minimum absolute atomic E-state index is 0.0603. The predicted molar refractivity (Wildman–Crippen MR) is 143 cm³/mol. The summed E-state index contributed by atoms with van der Waals surface area (Å²) < 4.78 is 43.5. The number of benzene rings is 1. The minimum Gasteiger partial charge on any atom is -0.481 e. The van der Waals surface area contributed by atoms with Gasteiger partial charge in [-0.1, -0.05) is 25.4 Å². The zero-order valence-electron chi connectivity index (χ0n) is 22.5. The number of halogens is 3.